The highest BCUT2D eigenvalue weighted by Gasteiger charge is 2.48. The zero-order valence-corrected chi connectivity index (χ0v) is 20.1. The van der Waals surface area contributed by atoms with Crippen LogP contribution in [-0.2, 0) is 22.6 Å². The van der Waals surface area contributed by atoms with Gasteiger partial charge in [-0.3, -0.25) is 19.7 Å². The number of non-ortho nitro benzene ring substituents is 1. The van der Waals surface area contributed by atoms with E-state index in [4.69, 9.17) is 4.74 Å². The molecule has 0 saturated carbocycles. The summed E-state index contributed by atoms with van der Waals surface area (Å²) in [6.07, 6.45) is 0.395. The molecule has 0 radical (unpaired) electrons. The van der Waals surface area contributed by atoms with E-state index in [1.165, 1.54) is 12.1 Å². The number of hydrogen-bond acceptors (Lipinski definition) is 5. The normalized spacial score (nSPS) is 19.1. The second-order valence-corrected chi connectivity index (χ2v) is 9.38. The van der Waals surface area contributed by atoms with E-state index in [0.717, 1.165) is 33.5 Å². The summed E-state index contributed by atoms with van der Waals surface area (Å²) in [6.45, 7) is 0.280. The van der Waals surface area contributed by atoms with E-state index in [2.05, 4.69) is 4.98 Å². The third kappa shape index (κ3) is 3.79. The van der Waals surface area contributed by atoms with Crippen molar-refractivity contribution < 1.29 is 19.2 Å². The van der Waals surface area contributed by atoms with E-state index in [1.54, 1.807) is 29.0 Å². The lowest BCUT2D eigenvalue weighted by Gasteiger charge is -2.47. The van der Waals surface area contributed by atoms with E-state index in [0.29, 0.717) is 18.5 Å². The molecular weight excluding hydrogens is 472 g/mol. The summed E-state index contributed by atoms with van der Waals surface area (Å²) in [7, 11) is 1.60. The highest BCUT2D eigenvalue weighted by Crippen LogP contribution is 2.43. The predicted octanol–water partition coefficient (Wildman–Crippen LogP) is 3.97. The molecule has 9 heteroatoms. The van der Waals surface area contributed by atoms with Crippen molar-refractivity contribution in [2.24, 2.45) is 0 Å². The van der Waals surface area contributed by atoms with Gasteiger partial charge < -0.3 is 19.5 Å². The van der Waals surface area contributed by atoms with Gasteiger partial charge >= 0.3 is 0 Å². The SMILES string of the molecule is COc1ccc(CN2CC(=O)N3C(c4ccc([N+](=O)[O-])cc4)c4[nH]c5ccccc5c4C[C@H]3C2=O)cc1. The zero-order chi connectivity index (χ0) is 25.7. The summed E-state index contributed by atoms with van der Waals surface area (Å²) >= 11 is 0. The van der Waals surface area contributed by atoms with Crippen molar-refractivity contribution >= 4 is 28.4 Å². The van der Waals surface area contributed by atoms with Gasteiger partial charge in [0.2, 0.25) is 11.8 Å². The first kappa shape index (κ1) is 22.8. The number of aromatic nitrogens is 1. The van der Waals surface area contributed by atoms with E-state index in [1.807, 2.05) is 48.5 Å². The number of nitrogens with one attached hydrogen (secondary N) is 1. The molecule has 1 N–H and O–H groups in total. The molecule has 186 valence electrons. The summed E-state index contributed by atoms with van der Waals surface area (Å²) in [6, 6.07) is 20.3. The summed E-state index contributed by atoms with van der Waals surface area (Å²) in [5.41, 5.74) is 4.36. The van der Waals surface area contributed by atoms with Crippen molar-refractivity contribution in [1.29, 1.82) is 0 Å². The molecule has 0 aliphatic carbocycles. The number of nitro benzene ring substituents is 1. The molecule has 6 rings (SSSR count). The fourth-order valence-corrected chi connectivity index (χ4v) is 5.53. The van der Waals surface area contributed by atoms with Crippen LogP contribution in [0.1, 0.15) is 28.4 Å². The third-order valence-electron chi connectivity index (χ3n) is 7.29. The van der Waals surface area contributed by atoms with Crippen LogP contribution in [0, 0.1) is 10.1 Å². The highest BCUT2D eigenvalue weighted by atomic mass is 16.6. The number of hydrogen-bond donors (Lipinski definition) is 1. The number of methoxy groups -OCH3 is 1. The first-order chi connectivity index (χ1) is 17.9. The van der Waals surface area contributed by atoms with Crippen molar-refractivity contribution in [1.82, 2.24) is 14.8 Å². The van der Waals surface area contributed by atoms with Gasteiger partial charge in [-0.05, 0) is 47.0 Å². The van der Waals surface area contributed by atoms with E-state index >= 15 is 0 Å². The standard InChI is InChI=1S/C28H24N4O5/c1-37-20-12-6-17(7-13-20)15-30-16-25(33)31-24(28(30)34)14-22-21-4-2-3-5-23(21)29-26(22)27(31)18-8-10-19(11-9-18)32(35)36/h2-13,24,27,29H,14-16H2,1H3/t24-,27?/m0/s1. The maximum atomic E-state index is 13.8. The summed E-state index contributed by atoms with van der Waals surface area (Å²) in [5.74, 6) is 0.449. The predicted molar refractivity (Wildman–Crippen MR) is 136 cm³/mol. The number of nitro groups is 1. The Kier molecular flexibility index (Phi) is 5.40. The van der Waals surface area contributed by atoms with Crippen molar-refractivity contribution in [3.05, 3.63) is 105 Å². The maximum absolute atomic E-state index is 13.8. The van der Waals surface area contributed by atoms with Crippen LogP contribution in [0.3, 0.4) is 0 Å². The number of para-hydroxylation sites is 1. The molecule has 2 aliphatic rings. The van der Waals surface area contributed by atoms with Gasteiger partial charge in [0.05, 0.1) is 18.1 Å². The number of nitrogens with zero attached hydrogens (tertiary/aromatic N) is 3. The molecule has 3 aromatic carbocycles. The number of benzene rings is 3. The third-order valence-corrected chi connectivity index (χ3v) is 7.29. The van der Waals surface area contributed by atoms with Crippen molar-refractivity contribution in [3.63, 3.8) is 0 Å². The first-order valence-corrected chi connectivity index (χ1v) is 12.0. The van der Waals surface area contributed by atoms with Gasteiger partial charge in [-0.1, -0.05) is 30.3 Å². The number of piperazine rings is 1. The molecule has 9 nitrogen and oxygen atoms in total. The van der Waals surface area contributed by atoms with Crippen LogP contribution in [0.25, 0.3) is 10.9 Å². The van der Waals surface area contributed by atoms with Crippen LogP contribution >= 0.6 is 0 Å². The quantitative estimate of drug-likeness (QED) is 0.332. The molecule has 3 heterocycles. The Bertz CT molecular complexity index is 1530. The second kappa shape index (κ2) is 8.77. The maximum Gasteiger partial charge on any atom is 0.269 e. The van der Waals surface area contributed by atoms with Gasteiger partial charge in [-0.25, -0.2) is 0 Å². The molecule has 0 bridgehead atoms. The molecular formula is C28H24N4O5. The fraction of sp³-hybridized carbons (Fsp3) is 0.214. The van der Waals surface area contributed by atoms with Crippen molar-refractivity contribution in [2.45, 2.75) is 25.0 Å². The van der Waals surface area contributed by atoms with E-state index < -0.39 is 17.0 Å². The minimum absolute atomic E-state index is 0.0281. The molecule has 1 aromatic heterocycles. The average Bonchev–Trinajstić information content (AvgIpc) is 3.29. The Hall–Kier alpha value is -4.66. The summed E-state index contributed by atoms with van der Waals surface area (Å²) in [4.78, 5) is 45.0. The first-order valence-electron chi connectivity index (χ1n) is 12.0. The van der Waals surface area contributed by atoms with Crippen molar-refractivity contribution in [3.8, 4) is 5.75 Å². The smallest absolute Gasteiger partial charge is 0.269 e. The molecule has 2 atom stereocenters. The molecule has 37 heavy (non-hydrogen) atoms. The van der Waals surface area contributed by atoms with Crippen molar-refractivity contribution in [2.75, 3.05) is 13.7 Å². The number of ether oxygens (including phenoxy) is 1. The summed E-state index contributed by atoms with van der Waals surface area (Å²) < 4.78 is 5.22. The molecule has 0 spiro atoms. The number of fused-ring (bicyclic) bond motifs is 4. The number of rotatable bonds is 5. The monoisotopic (exact) mass is 496 g/mol. The second-order valence-electron chi connectivity index (χ2n) is 9.38. The van der Waals surface area contributed by atoms with Gasteiger partial charge in [-0.2, -0.15) is 0 Å². The molecule has 1 fully saturated rings. The number of aromatic amines is 1. The van der Waals surface area contributed by atoms with Gasteiger partial charge in [0, 0.05) is 41.7 Å². The Morgan fingerprint density at radius 1 is 1.03 bits per heavy atom. The Morgan fingerprint density at radius 2 is 1.76 bits per heavy atom. The molecule has 1 unspecified atom stereocenters. The Labute approximate surface area is 212 Å². The largest absolute Gasteiger partial charge is 0.497 e. The highest BCUT2D eigenvalue weighted by molar-refractivity contribution is 5.97. The van der Waals surface area contributed by atoms with Gasteiger partial charge in [0.25, 0.3) is 5.69 Å². The van der Waals surface area contributed by atoms with Crippen LogP contribution in [0.15, 0.2) is 72.8 Å². The molecule has 2 amide bonds. The van der Waals surface area contributed by atoms with Crippen LogP contribution in [0.4, 0.5) is 5.69 Å². The van der Waals surface area contributed by atoms with Crippen LogP contribution in [0.5, 0.6) is 5.75 Å². The lowest BCUT2D eigenvalue weighted by molar-refractivity contribution is -0.384. The van der Waals surface area contributed by atoms with E-state index in [-0.39, 0.29) is 24.0 Å². The fourth-order valence-electron chi connectivity index (χ4n) is 5.53. The molecule has 2 aliphatic heterocycles. The van der Waals surface area contributed by atoms with Crippen LogP contribution in [0.2, 0.25) is 0 Å². The van der Waals surface area contributed by atoms with Crippen LogP contribution < -0.4 is 4.74 Å². The minimum Gasteiger partial charge on any atom is -0.497 e. The number of carbonyl (C=O) groups excluding carboxylic acids is 2. The van der Waals surface area contributed by atoms with E-state index in [9.17, 15) is 19.7 Å². The van der Waals surface area contributed by atoms with Gasteiger partial charge in [0.15, 0.2) is 0 Å². The lowest BCUT2D eigenvalue weighted by Crippen LogP contribution is -2.62. The van der Waals surface area contributed by atoms with Gasteiger partial charge in [-0.15, -0.1) is 0 Å². The van der Waals surface area contributed by atoms with Gasteiger partial charge in [0.1, 0.15) is 18.3 Å². The average molecular weight is 497 g/mol. The Balaban J connectivity index is 1.41. The number of H-pyrrole nitrogens is 1. The lowest BCUT2D eigenvalue weighted by atomic mass is 9.86. The zero-order valence-electron chi connectivity index (χ0n) is 20.1. The Morgan fingerprint density at radius 3 is 2.46 bits per heavy atom. The minimum atomic E-state index is -0.675. The summed E-state index contributed by atoms with van der Waals surface area (Å²) in [5, 5.41) is 12.2. The molecule has 1 saturated heterocycles. The topological polar surface area (TPSA) is 109 Å². The molecule has 4 aromatic rings. The van der Waals surface area contributed by atoms with Crippen LogP contribution in [-0.4, -0.2) is 51.2 Å². The number of carbonyl (C=O) groups is 2. The number of amides is 2.